The van der Waals surface area contributed by atoms with E-state index in [1.165, 1.54) is 31.3 Å². The second-order valence-corrected chi connectivity index (χ2v) is 8.61. The second-order valence-electron chi connectivity index (χ2n) is 8.61. The van der Waals surface area contributed by atoms with Gasteiger partial charge in [0, 0.05) is 40.5 Å². The zero-order chi connectivity index (χ0) is 26.4. The standard InChI is InChI=1S/C25H43N5O6/c1-30(2)23(31)27-16-11-8-6-4-5-7-9-12-17-28-24(32)35-19-22(34-3)20-36-25(33)29-18-21-14-10-13-15-26-21/h10,13-15,22H,4-9,11-12,16-20H2,1-3H3,(H,27,31)(H,28,32)(H,29,33). The van der Waals surface area contributed by atoms with E-state index in [2.05, 4.69) is 20.9 Å². The lowest BCUT2D eigenvalue weighted by atomic mass is 10.1. The van der Waals surface area contributed by atoms with Gasteiger partial charge in [-0.15, -0.1) is 0 Å². The number of unbranched alkanes of at least 4 members (excludes halogenated alkanes) is 7. The summed E-state index contributed by atoms with van der Waals surface area (Å²) in [6, 6.07) is 5.38. The number of methoxy groups -OCH3 is 1. The van der Waals surface area contributed by atoms with Gasteiger partial charge in [-0.25, -0.2) is 14.4 Å². The third kappa shape index (κ3) is 16.5. The zero-order valence-electron chi connectivity index (χ0n) is 21.9. The van der Waals surface area contributed by atoms with Crippen molar-refractivity contribution in [1.82, 2.24) is 25.8 Å². The molecular weight excluding hydrogens is 466 g/mol. The number of pyridine rings is 1. The van der Waals surface area contributed by atoms with Crippen molar-refractivity contribution in [2.24, 2.45) is 0 Å². The summed E-state index contributed by atoms with van der Waals surface area (Å²) in [7, 11) is 4.93. The van der Waals surface area contributed by atoms with Crippen LogP contribution in [0.5, 0.6) is 0 Å². The summed E-state index contributed by atoms with van der Waals surface area (Å²) in [5, 5.41) is 8.19. The van der Waals surface area contributed by atoms with E-state index in [0.29, 0.717) is 6.54 Å². The number of amides is 4. The molecule has 0 aliphatic rings. The molecule has 0 aromatic carbocycles. The van der Waals surface area contributed by atoms with Gasteiger partial charge in [-0.2, -0.15) is 0 Å². The molecule has 1 rings (SSSR count). The number of carbonyl (C=O) groups excluding carboxylic acids is 3. The van der Waals surface area contributed by atoms with Gasteiger partial charge in [-0.3, -0.25) is 4.98 Å². The summed E-state index contributed by atoms with van der Waals surface area (Å²) in [6.07, 6.45) is 8.66. The normalized spacial score (nSPS) is 11.3. The Morgan fingerprint density at radius 3 is 1.92 bits per heavy atom. The molecule has 0 spiro atoms. The Kier molecular flexibility index (Phi) is 17.3. The van der Waals surface area contributed by atoms with Crippen LogP contribution < -0.4 is 16.0 Å². The van der Waals surface area contributed by atoms with Gasteiger partial charge in [0.25, 0.3) is 0 Å². The molecule has 1 atom stereocenters. The summed E-state index contributed by atoms with van der Waals surface area (Å²) >= 11 is 0. The molecule has 204 valence electrons. The SMILES string of the molecule is COC(COC(=O)NCCCCCCCCCCNC(=O)N(C)C)COC(=O)NCc1ccccn1. The van der Waals surface area contributed by atoms with Crippen LogP contribution in [0.15, 0.2) is 24.4 Å². The minimum atomic E-state index is -0.597. The van der Waals surface area contributed by atoms with Crippen LogP contribution in [0, 0.1) is 0 Å². The van der Waals surface area contributed by atoms with E-state index in [4.69, 9.17) is 14.2 Å². The summed E-state index contributed by atoms with van der Waals surface area (Å²) < 4.78 is 15.5. The van der Waals surface area contributed by atoms with E-state index in [9.17, 15) is 14.4 Å². The second kappa shape index (κ2) is 20.1. The average Bonchev–Trinajstić information content (AvgIpc) is 2.88. The predicted octanol–water partition coefficient (Wildman–Crippen LogP) is 3.44. The minimum absolute atomic E-state index is 0.0192. The van der Waals surface area contributed by atoms with Gasteiger partial charge in [-0.1, -0.05) is 44.6 Å². The smallest absolute Gasteiger partial charge is 0.407 e. The lowest BCUT2D eigenvalue weighted by Crippen LogP contribution is -2.34. The van der Waals surface area contributed by atoms with Crippen LogP contribution in [0.3, 0.4) is 0 Å². The highest BCUT2D eigenvalue weighted by Crippen LogP contribution is 2.08. The molecule has 1 heterocycles. The largest absolute Gasteiger partial charge is 0.447 e. The van der Waals surface area contributed by atoms with Gasteiger partial charge in [0.05, 0.1) is 12.2 Å². The summed E-state index contributed by atoms with van der Waals surface area (Å²) in [6.45, 7) is 1.47. The van der Waals surface area contributed by atoms with Crippen molar-refractivity contribution in [2.75, 3.05) is 47.5 Å². The number of nitrogens with one attached hydrogen (secondary N) is 3. The van der Waals surface area contributed by atoms with E-state index in [-0.39, 0.29) is 25.8 Å². The monoisotopic (exact) mass is 509 g/mol. The molecule has 1 unspecified atom stereocenters. The molecule has 0 saturated heterocycles. The Balaban J connectivity index is 1.95. The van der Waals surface area contributed by atoms with Crippen molar-refractivity contribution in [1.29, 1.82) is 0 Å². The number of hydrogen-bond acceptors (Lipinski definition) is 7. The van der Waals surface area contributed by atoms with Crippen LogP contribution >= 0.6 is 0 Å². The maximum absolute atomic E-state index is 11.9. The van der Waals surface area contributed by atoms with Crippen LogP contribution in [0.25, 0.3) is 0 Å². The molecule has 0 bridgehead atoms. The molecule has 1 aromatic rings. The molecule has 0 radical (unpaired) electrons. The number of carbonyl (C=O) groups is 3. The van der Waals surface area contributed by atoms with Crippen molar-refractivity contribution >= 4 is 18.2 Å². The molecule has 0 aliphatic carbocycles. The number of nitrogens with zero attached hydrogens (tertiary/aromatic N) is 2. The van der Waals surface area contributed by atoms with E-state index in [1.54, 1.807) is 32.4 Å². The minimum Gasteiger partial charge on any atom is -0.447 e. The summed E-state index contributed by atoms with van der Waals surface area (Å²) in [5.41, 5.74) is 0.719. The number of ether oxygens (including phenoxy) is 3. The maximum atomic E-state index is 11.9. The highest BCUT2D eigenvalue weighted by molar-refractivity contribution is 5.73. The Morgan fingerprint density at radius 1 is 0.833 bits per heavy atom. The third-order valence-corrected chi connectivity index (χ3v) is 5.33. The van der Waals surface area contributed by atoms with Crippen LogP contribution in [0.2, 0.25) is 0 Å². The Morgan fingerprint density at radius 2 is 1.39 bits per heavy atom. The first-order valence-electron chi connectivity index (χ1n) is 12.6. The van der Waals surface area contributed by atoms with E-state index < -0.39 is 18.3 Å². The molecule has 0 saturated carbocycles. The highest BCUT2D eigenvalue weighted by Gasteiger charge is 2.14. The molecule has 11 heteroatoms. The first kappa shape index (κ1) is 31.0. The van der Waals surface area contributed by atoms with Gasteiger partial charge in [-0.05, 0) is 25.0 Å². The van der Waals surface area contributed by atoms with Gasteiger partial charge in [0.15, 0.2) is 0 Å². The Labute approximate surface area is 214 Å². The van der Waals surface area contributed by atoms with E-state index >= 15 is 0 Å². The fraction of sp³-hybridized carbons (Fsp3) is 0.680. The van der Waals surface area contributed by atoms with Gasteiger partial charge in [0.1, 0.15) is 19.3 Å². The van der Waals surface area contributed by atoms with Crippen molar-refractivity contribution < 1.29 is 28.6 Å². The number of aromatic nitrogens is 1. The molecule has 1 aromatic heterocycles. The molecule has 0 fully saturated rings. The zero-order valence-corrected chi connectivity index (χ0v) is 21.9. The third-order valence-electron chi connectivity index (χ3n) is 5.33. The average molecular weight is 510 g/mol. The van der Waals surface area contributed by atoms with Crippen molar-refractivity contribution in [2.45, 2.75) is 64.0 Å². The van der Waals surface area contributed by atoms with Gasteiger partial charge in [0.2, 0.25) is 0 Å². The molecule has 4 amide bonds. The number of urea groups is 1. The number of alkyl carbamates (subject to hydrolysis) is 2. The highest BCUT2D eigenvalue weighted by atomic mass is 16.6. The Bertz CT molecular complexity index is 735. The summed E-state index contributed by atoms with van der Waals surface area (Å²) in [5.74, 6) is 0. The maximum Gasteiger partial charge on any atom is 0.407 e. The topological polar surface area (TPSA) is 131 Å². The van der Waals surface area contributed by atoms with Crippen LogP contribution in [0.4, 0.5) is 14.4 Å². The number of hydrogen-bond donors (Lipinski definition) is 3. The Hall–Kier alpha value is -3.08. The quantitative estimate of drug-likeness (QED) is 0.258. The molecule has 11 nitrogen and oxygen atoms in total. The fourth-order valence-electron chi connectivity index (χ4n) is 3.14. The van der Waals surface area contributed by atoms with Gasteiger partial charge >= 0.3 is 18.2 Å². The number of rotatable bonds is 18. The predicted molar refractivity (Wildman–Crippen MR) is 137 cm³/mol. The lowest BCUT2D eigenvalue weighted by molar-refractivity contribution is -0.00455. The molecule has 3 N–H and O–H groups in total. The fourth-order valence-corrected chi connectivity index (χ4v) is 3.14. The molecular formula is C25H43N5O6. The van der Waals surface area contributed by atoms with Crippen molar-refractivity contribution in [3.8, 4) is 0 Å². The van der Waals surface area contributed by atoms with E-state index in [1.807, 2.05) is 6.07 Å². The lowest BCUT2D eigenvalue weighted by Gasteiger charge is -2.16. The van der Waals surface area contributed by atoms with Crippen LogP contribution in [-0.4, -0.2) is 81.7 Å². The first-order valence-corrected chi connectivity index (χ1v) is 12.6. The molecule has 0 aliphatic heterocycles. The summed E-state index contributed by atoms with van der Waals surface area (Å²) in [4.78, 5) is 40.7. The van der Waals surface area contributed by atoms with Gasteiger partial charge < -0.3 is 35.1 Å². The van der Waals surface area contributed by atoms with Crippen LogP contribution in [0.1, 0.15) is 57.1 Å². The van der Waals surface area contributed by atoms with Crippen molar-refractivity contribution in [3.63, 3.8) is 0 Å². The van der Waals surface area contributed by atoms with Crippen molar-refractivity contribution in [3.05, 3.63) is 30.1 Å². The molecule has 36 heavy (non-hydrogen) atoms. The first-order chi connectivity index (χ1) is 17.4. The van der Waals surface area contributed by atoms with Crippen LogP contribution in [-0.2, 0) is 20.8 Å². The van der Waals surface area contributed by atoms with E-state index in [0.717, 1.165) is 44.3 Å².